The summed E-state index contributed by atoms with van der Waals surface area (Å²) < 4.78 is 22.7. The van der Waals surface area contributed by atoms with Crippen molar-refractivity contribution in [2.45, 2.75) is 351 Å². The van der Waals surface area contributed by atoms with Crippen molar-refractivity contribution in [3.63, 3.8) is 0 Å². The van der Waals surface area contributed by atoms with Gasteiger partial charge in [0.1, 0.15) is 48.8 Å². The largest absolute Gasteiger partial charge is 0.394 e. The molecule has 14 heteroatoms. The van der Waals surface area contributed by atoms with Gasteiger partial charge in [-0.3, -0.25) is 4.79 Å². The molecule has 1 amide bonds. The average molecular weight is 1050 g/mol. The molecule has 0 spiro atoms. The molecule has 434 valence electrons. The Bertz CT molecular complexity index is 1230. The van der Waals surface area contributed by atoms with Gasteiger partial charge in [0.05, 0.1) is 32.0 Å². The molecule has 2 rings (SSSR count). The van der Waals surface area contributed by atoms with Gasteiger partial charge < -0.3 is 65.1 Å². The molecule has 0 aliphatic carbocycles. The van der Waals surface area contributed by atoms with Crippen LogP contribution in [-0.2, 0) is 23.7 Å². The van der Waals surface area contributed by atoms with Gasteiger partial charge in [-0.15, -0.1) is 0 Å². The molecule has 12 atom stereocenters. The number of unbranched alkanes of at least 4 members (excludes halogenated alkanes) is 37. The third-order valence-corrected chi connectivity index (χ3v) is 15.6. The summed E-state index contributed by atoms with van der Waals surface area (Å²) in [6.45, 7) is 2.81. The Labute approximate surface area is 444 Å². The predicted molar refractivity (Wildman–Crippen MR) is 291 cm³/mol. The molecule has 2 aliphatic rings. The monoisotopic (exact) mass is 1050 g/mol. The van der Waals surface area contributed by atoms with Gasteiger partial charge >= 0.3 is 0 Å². The number of aliphatic hydroxyl groups excluding tert-OH is 8. The lowest BCUT2D eigenvalue weighted by molar-refractivity contribution is -0.359. The highest BCUT2D eigenvalue weighted by molar-refractivity contribution is 5.76. The Morgan fingerprint density at radius 2 is 0.781 bits per heavy atom. The van der Waals surface area contributed by atoms with E-state index in [-0.39, 0.29) is 12.5 Å². The summed E-state index contributed by atoms with van der Waals surface area (Å²) in [7, 11) is 0. The quantitative estimate of drug-likeness (QED) is 0.0259. The summed E-state index contributed by atoms with van der Waals surface area (Å²) in [5.74, 6) is -0.212. The average Bonchev–Trinajstić information content (AvgIpc) is 3.39. The molecule has 0 aromatic rings. The van der Waals surface area contributed by atoms with Crippen molar-refractivity contribution in [2.75, 3.05) is 19.8 Å². The van der Waals surface area contributed by atoms with Crippen molar-refractivity contribution in [2.24, 2.45) is 0 Å². The van der Waals surface area contributed by atoms with Gasteiger partial charge in [0.2, 0.25) is 5.91 Å². The van der Waals surface area contributed by atoms with Gasteiger partial charge in [-0.1, -0.05) is 258 Å². The third-order valence-electron chi connectivity index (χ3n) is 15.6. The summed E-state index contributed by atoms with van der Waals surface area (Å²) in [6, 6.07) is -0.820. The topological polar surface area (TPSA) is 228 Å². The summed E-state index contributed by atoms with van der Waals surface area (Å²) in [5, 5.41) is 86.8. The van der Waals surface area contributed by atoms with Crippen LogP contribution in [0.5, 0.6) is 0 Å². The first-order valence-electron chi connectivity index (χ1n) is 30.8. The maximum absolute atomic E-state index is 13.1. The number of nitrogens with one attached hydrogen (secondary N) is 1. The van der Waals surface area contributed by atoms with Crippen LogP contribution in [0.1, 0.15) is 277 Å². The molecule has 73 heavy (non-hydrogen) atoms. The molecule has 14 nitrogen and oxygen atoms in total. The van der Waals surface area contributed by atoms with Gasteiger partial charge in [-0.05, 0) is 12.8 Å². The molecule has 9 N–H and O–H groups in total. The van der Waals surface area contributed by atoms with E-state index in [4.69, 9.17) is 18.9 Å². The Kier molecular flexibility index (Phi) is 42.9. The fourth-order valence-electron chi connectivity index (χ4n) is 10.6. The molecule has 2 fully saturated rings. The molecular weight excluding hydrogens is 931 g/mol. The van der Waals surface area contributed by atoms with E-state index in [1.165, 1.54) is 193 Å². The van der Waals surface area contributed by atoms with Gasteiger partial charge in [0.15, 0.2) is 12.6 Å². The Balaban J connectivity index is 1.54. The molecule has 12 unspecified atom stereocenters. The number of aliphatic hydroxyl groups is 8. The maximum Gasteiger partial charge on any atom is 0.220 e. The minimum absolute atomic E-state index is 0.212. The molecule has 0 aromatic carbocycles. The highest BCUT2D eigenvalue weighted by Gasteiger charge is 2.51. The minimum atomic E-state index is -1.78. The first-order chi connectivity index (χ1) is 35.6. The highest BCUT2D eigenvalue weighted by atomic mass is 16.7. The van der Waals surface area contributed by atoms with Crippen LogP contribution in [0.25, 0.3) is 0 Å². The normalized spacial score (nSPS) is 25.3. The first kappa shape index (κ1) is 68.1. The van der Waals surface area contributed by atoms with Crippen molar-refractivity contribution >= 4 is 5.91 Å². The fraction of sp³-hybridized carbons (Fsp3) is 0.983. The number of carbonyl (C=O) groups is 1. The first-order valence-corrected chi connectivity index (χ1v) is 30.8. The SMILES string of the molecule is CCCCCCCCCCCCCCCCCCCCCCCCCCCCCCCCCCCC(O)C(COC1OC(CO)C(OC2OC(CO)C(O)C(O)C2O)C(O)C1O)NC(=O)CCCCCCCC. The van der Waals surface area contributed by atoms with E-state index in [0.29, 0.717) is 12.8 Å². The molecule has 0 radical (unpaired) electrons. The molecule has 0 bridgehead atoms. The van der Waals surface area contributed by atoms with Crippen molar-refractivity contribution < 1.29 is 64.6 Å². The smallest absolute Gasteiger partial charge is 0.220 e. The zero-order valence-electron chi connectivity index (χ0n) is 46.7. The van der Waals surface area contributed by atoms with Crippen LogP contribution in [0.15, 0.2) is 0 Å². The second kappa shape index (κ2) is 46.0. The standard InChI is InChI=1S/C59H115NO13/c1-3-5-7-9-11-12-13-14-15-16-17-18-19-20-21-22-23-24-25-26-27-28-29-30-31-32-33-34-35-36-37-38-40-42-48(63)47(60-51(64)43-41-39-10-8-6-4-2)46-70-58-56(69)54(67)57(50(45-62)72-58)73-59-55(68)53(66)52(65)49(44-61)71-59/h47-50,52-59,61-63,65-69H,3-46H2,1-2H3,(H,60,64). The molecule has 2 saturated heterocycles. The Morgan fingerprint density at radius 3 is 1.16 bits per heavy atom. The number of rotatable bonds is 50. The lowest BCUT2D eigenvalue weighted by Crippen LogP contribution is -2.65. The van der Waals surface area contributed by atoms with E-state index in [1.54, 1.807) is 0 Å². The van der Waals surface area contributed by atoms with E-state index < -0.39 is 86.8 Å². The summed E-state index contributed by atoms with van der Waals surface area (Å²) in [6.07, 6.45) is 34.8. The van der Waals surface area contributed by atoms with E-state index in [1.807, 2.05) is 0 Å². The summed E-state index contributed by atoms with van der Waals surface area (Å²) >= 11 is 0. The zero-order chi connectivity index (χ0) is 53.2. The number of ether oxygens (including phenoxy) is 4. The highest BCUT2D eigenvalue weighted by Crippen LogP contribution is 2.30. The number of carbonyl (C=O) groups excluding carboxylic acids is 1. The van der Waals surface area contributed by atoms with Crippen LogP contribution in [0.2, 0.25) is 0 Å². The Morgan fingerprint density at radius 1 is 0.438 bits per heavy atom. The lowest BCUT2D eigenvalue weighted by atomic mass is 9.97. The van der Waals surface area contributed by atoms with Crippen molar-refractivity contribution in [3.8, 4) is 0 Å². The van der Waals surface area contributed by atoms with Crippen LogP contribution in [-0.4, -0.2) is 140 Å². The van der Waals surface area contributed by atoms with Crippen LogP contribution in [0, 0.1) is 0 Å². The van der Waals surface area contributed by atoms with E-state index in [2.05, 4.69) is 19.2 Å². The van der Waals surface area contributed by atoms with Gasteiger partial charge in [0.25, 0.3) is 0 Å². The van der Waals surface area contributed by atoms with Crippen molar-refractivity contribution in [1.29, 1.82) is 0 Å². The summed E-state index contributed by atoms with van der Waals surface area (Å²) in [4.78, 5) is 13.1. The molecular formula is C59H115NO13. The van der Waals surface area contributed by atoms with Crippen LogP contribution in [0.3, 0.4) is 0 Å². The minimum Gasteiger partial charge on any atom is -0.394 e. The van der Waals surface area contributed by atoms with Crippen molar-refractivity contribution in [1.82, 2.24) is 5.32 Å². The molecule has 2 heterocycles. The van der Waals surface area contributed by atoms with Crippen LogP contribution < -0.4 is 5.32 Å². The van der Waals surface area contributed by atoms with E-state index in [0.717, 1.165) is 57.8 Å². The van der Waals surface area contributed by atoms with E-state index in [9.17, 15) is 45.6 Å². The van der Waals surface area contributed by atoms with Crippen LogP contribution >= 0.6 is 0 Å². The Hall–Kier alpha value is -1.01. The zero-order valence-corrected chi connectivity index (χ0v) is 46.7. The van der Waals surface area contributed by atoms with Crippen molar-refractivity contribution in [3.05, 3.63) is 0 Å². The molecule has 2 aliphatic heterocycles. The second-order valence-corrected chi connectivity index (χ2v) is 22.2. The molecule has 0 aromatic heterocycles. The maximum atomic E-state index is 13.1. The number of amides is 1. The predicted octanol–water partition coefficient (Wildman–Crippen LogP) is 10.5. The van der Waals surface area contributed by atoms with E-state index >= 15 is 0 Å². The number of hydrogen-bond donors (Lipinski definition) is 9. The lowest BCUT2D eigenvalue weighted by Gasteiger charge is -2.46. The van der Waals surface area contributed by atoms with Gasteiger partial charge in [-0.25, -0.2) is 0 Å². The molecule has 0 saturated carbocycles. The third kappa shape index (κ3) is 31.9. The van der Waals surface area contributed by atoms with Crippen LogP contribution in [0.4, 0.5) is 0 Å². The summed E-state index contributed by atoms with van der Waals surface area (Å²) in [5.41, 5.74) is 0. The number of hydrogen-bond acceptors (Lipinski definition) is 13. The van der Waals surface area contributed by atoms with Gasteiger partial charge in [0, 0.05) is 6.42 Å². The second-order valence-electron chi connectivity index (χ2n) is 22.2. The van der Waals surface area contributed by atoms with Gasteiger partial charge in [-0.2, -0.15) is 0 Å². The fourth-order valence-corrected chi connectivity index (χ4v) is 10.6.